The van der Waals surface area contributed by atoms with Crippen molar-refractivity contribution < 1.29 is 13.6 Å². The summed E-state index contributed by atoms with van der Waals surface area (Å²) in [7, 11) is 0. The fourth-order valence-corrected chi connectivity index (χ4v) is 4.10. The summed E-state index contributed by atoms with van der Waals surface area (Å²) >= 11 is 7.67. The van der Waals surface area contributed by atoms with E-state index in [-0.39, 0.29) is 23.2 Å². The summed E-state index contributed by atoms with van der Waals surface area (Å²) < 4.78 is 27.2. The van der Waals surface area contributed by atoms with Gasteiger partial charge in [-0.3, -0.25) is 4.79 Å². The van der Waals surface area contributed by atoms with Crippen molar-refractivity contribution in [2.45, 2.75) is 11.3 Å². The van der Waals surface area contributed by atoms with Crippen molar-refractivity contribution in [2.75, 3.05) is 11.6 Å². The highest BCUT2D eigenvalue weighted by Crippen LogP contribution is 2.39. The molecular formula is C25H18ClF2NOS. The molecule has 1 amide bonds. The second kappa shape index (κ2) is 9.08. The monoisotopic (exact) mass is 453 g/mol. The minimum Gasteiger partial charge on any atom is -0.324 e. The lowest BCUT2D eigenvalue weighted by atomic mass is 10.0. The number of carbonyl (C=O) groups is 1. The minimum atomic E-state index is -0.480. The quantitative estimate of drug-likeness (QED) is 0.410. The van der Waals surface area contributed by atoms with Gasteiger partial charge in [0.25, 0.3) is 0 Å². The van der Waals surface area contributed by atoms with Crippen molar-refractivity contribution in [3.63, 3.8) is 0 Å². The molecule has 0 bridgehead atoms. The van der Waals surface area contributed by atoms with Crippen LogP contribution in [0.3, 0.4) is 0 Å². The molecule has 0 aliphatic heterocycles. The van der Waals surface area contributed by atoms with E-state index in [0.717, 1.165) is 22.8 Å². The summed E-state index contributed by atoms with van der Waals surface area (Å²) in [5, 5.41) is 2.81. The van der Waals surface area contributed by atoms with Crippen molar-refractivity contribution in [3.05, 3.63) is 100 Å². The number of carbonyl (C=O) groups excluding carboxylic acids is 1. The maximum Gasteiger partial charge on any atom is 0.228 e. The number of rotatable bonds is 5. The summed E-state index contributed by atoms with van der Waals surface area (Å²) in [6, 6.07) is 16.5. The Morgan fingerprint density at radius 1 is 1.00 bits per heavy atom. The zero-order valence-electron chi connectivity index (χ0n) is 16.6. The summed E-state index contributed by atoms with van der Waals surface area (Å²) in [4.78, 5) is 13.8. The number of thioether (sulfide) groups is 1. The fraction of sp³-hybridized carbons (Fsp3) is 0.0800. The molecule has 0 saturated carbocycles. The number of hydrogen-bond acceptors (Lipinski definition) is 2. The Labute approximate surface area is 188 Å². The predicted molar refractivity (Wildman–Crippen MR) is 125 cm³/mol. The number of amides is 1. The van der Waals surface area contributed by atoms with Crippen molar-refractivity contribution in [2.24, 2.45) is 0 Å². The van der Waals surface area contributed by atoms with Gasteiger partial charge in [-0.1, -0.05) is 29.8 Å². The molecule has 1 aliphatic carbocycles. The van der Waals surface area contributed by atoms with Crippen molar-refractivity contribution in [1.29, 1.82) is 0 Å². The molecule has 0 aromatic heterocycles. The summed E-state index contributed by atoms with van der Waals surface area (Å²) in [5.41, 5.74) is 4.52. The molecule has 0 saturated heterocycles. The first-order valence-corrected chi connectivity index (χ1v) is 11.1. The van der Waals surface area contributed by atoms with Crippen LogP contribution in [0.25, 0.3) is 17.2 Å². The molecule has 0 unspecified atom stereocenters. The molecule has 2 nitrogen and oxygen atoms in total. The van der Waals surface area contributed by atoms with Gasteiger partial charge in [-0.05, 0) is 88.7 Å². The van der Waals surface area contributed by atoms with E-state index < -0.39 is 5.82 Å². The molecule has 3 aromatic carbocycles. The zero-order chi connectivity index (χ0) is 22.0. The molecule has 0 atom stereocenters. The van der Waals surface area contributed by atoms with E-state index in [0.29, 0.717) is 16.8 Å². The largest absolute Gasteiger partial charge is 0.324 e. The van der Waals surface area contributed by atoms with E-state index in [9.17, 15) is 13.6 Å². The van der Waals surface area contributed by atoms with Crippen LogP contribution in [0, 0.1) is 11.6 Å². The molecule has 0 spiro atoms. The zero-order valence-corrected chi connectivity index (χ0v) is 18.2. The Bertz CT molecular complexity index is 1220. The average Bonchev–Trinajstić information content (AvgIpc) is 3.06. The summed E-state index contributed by atoms with van der Waals surface area (Å²) in [5.74, 6) is -1.16. The van der Waals surface area contributed by atoms with Gasteiger partial charge in [0.05, 0.1) is 17.1 Å². The van der Waals surface area contributed by atoms with Gasteiger partial charge in [-0.25, -0.2) is 8.78 Å². The minimum absolute atomic E-state index is 0.0346. The van der Waals surface area contributed by atoms with E-state index in [1.54, 1.807) is 17.8 Å². The summed E-state index contributed by atoms with van der Waals surface area (Å²) in [6.45, 7) is 0. The van der Waals surface area contributed by atoms with Gasteiger partial charge in [0.2, 0.25) is 5.91 Å². The van der Waals surface area contributed by atoms with Crippen molar-refractivity contribution in [3.8, 4) is 0 Å². The lowest BCUT2D eigenvalue weighted by Crippen LogP contribution is -2.12. The van der Waals surface area contributed by atoms with Crippen LogP contribution < -0.4 is 5.32 Å². The molecule has 3 aromatic rings. The second-order valence-corrected chi connectivity index (χ2v) is 8.37. The van der Waals surface area contributed by atoms with E-state index in [1.165, 1.54) is 29.2 Å². The fourth-order valence-electron chi connectivity index (χ4n) is 3.48. The number of halogens is 3. The molecule has 1 N–H and O–H groups in total. The smallest absolute Gasteiger partial charge is 0.228 e. The molecule has 1 aliphatic rings. The maximum absolute atomic E-state index is 13.9. The number of anilines is 1. The summed E-state index contributed by atoms with van der Waals surface area (Å²) in [6.07, 6.45) is 5.97. The predicted octanol–water partition coefficient (Wildman–Crippen LogP) is 7.31. The van der Waals surface area contributed by atoms with E-state index in [1.807, 2.05) is 42.7 Å². The third-order valence-corrected chi connectivity index (χ3v) is 6.02. The molecule has 31 heavy (non-hydrogen) atoms. The highest BCUT2D eigenvalue weighted by atomic mass is 35.5. The number of nitrogens with one attached hydrogen (secondary N) is 1. The Kier molecular flexibility index (Phi) is 6.25. The second-order valence-electron chi connectivity index (χ2n) is 7.08. The third kappa shape index (κ3) is 4.89. The first kappa shape index (κ1) is 21.3. The van der Waals surface area contributed by atoms with Gasteiger partial charge in [0.15, 0.2) is 0 Å². The van der Waals surface area contributed by atoms with Crippen LogP contribution in [-0.4, -0.2) is 12.2 Å². The molecule has 6 heteroatoms. The SMILES string of the molecule is CSc1ccc(C=C2C=C(CC(=O)Nc3ccc(F)cc3Cl)c3cc(F)ccc32)cc1. The van der Waals surface area contributed by atoms with Crippen LogP contribution in [0.2, 0.25) is 5.02 Å². The van der Waals surface area contributed by atoms with Gasteiger partial charge in [0, 0.05) is 4.90 Å². The Morgan fingerprint density at radius 3 is 2.42 bits per heavy atom. The van der Waals surface area contributed by atoms with E-state index in [4.69, 9.17) is 11.6 Å². The van der Waals surface area contributed by atoms with E-state index >= 15 is 0 Å². The Hall–Kier alpha value is -2.89. The van der Waals surface area contributed by atoms with E-state index in [2.05, 4.69) is 5.32 Å². The first-order chi connectivity index (χ1) is 14.9. The van der Waals surface area contributed by atoms with Gasteiger partial charge in [0.1, 0.15) is 11.6 Å². The number of fused-ring (bicyclic) bond motifs is 1. The van der Waals surface area contributed by atoms with Crippen LogP contribution in [0.4, 0.5) is 14.5 Å². The highest BCUT2D eigenvalue weighted by molar-refractivity contribution is 7.98. The Balaban J connectivity index is 1.61. The number of benzene rings is 3. The van der Waals surface area contributed by atoms with Crippen LogP contribution in [0.15, 0.2) is 71.6 Å². The third-order valence-electron chi connectivity index (χ3n) is 4.96. The first-order valence-electron chi connectivity index (χ1n) is 9.54. The molecule has 0 fully saturated rings. The van der Waals surface area contributed by atoms with Gasteiger partial charge < -0.3 is 5.32 Å². The van der Waals surface area contributed by atoms with Crippen LogP contribution >= 0.6 is 23.4 Å². The van der Waals surface area contributed by atoms with Crippen LogP contribution in [0.5, 0.6) is 0 Å². The highest BCUT2D eigenvalue weighted by Gasteiger charge is 2.21. The number of allylic oxidation sites excluding steroid dienone is 2. The lowest BCUT2D eigenvalue weighted by molar-refractivity contribution is -0.115. The maximum atomic E-state index is 13.9. The molecule has 0 radical (unpaired) electrons. The molecule has 156 valence electrons. The number of hydrogen-bond donors (Lipinski definition) is 1. The van der Waals surface area contributed by atoms with Gasteiger partial charge in [-0.15, -0.1) is 11.8 Å². The Morgan fingerprint density at radius 2 is 1.71 bits per heavy atom. The standard InChI is InChI=1S/C25H18ClF2NOS/c1-31-20-6-2-15(3-7-20)10-16-11-17(22-13-18(27)4-8-21(16)22)12-25(30)29-24-9-5-19(28)14-23(24)26/h2-11,13-14H,12H2,1H3,(H,29,30). The van der Waals surface area contributed by atoms with Gasteiger partial charge in [-0.2, -0.15) is 0 Å². The van der Waals surface area contributed by atoms with Crippen molar-refractivity contribution in [1.82, 2.24) is 0 Å². The molecular weight excluding hydrogens is 436 g/mol. The van der Waals surface area contributed by atoms with Crippen LogP contribution in [-0.2, 0) is 4.79 Å². The average molecular weight is 454 g/mol. The van der Waals surface area contributed by atoms with Crippen molar-refractivity contribution >= 4 is 52.2 Å². The molecule has 4 rings (SSSR count). The van der Waals surface area contributed by atoms with Gasteiger partial charge >= 0.3 is 0 Å². The molecule has 0 heterocycles. The normalized spacial score (nSPS) is 13.8. The lowest BCUT2D eigenvalue weighted by Gasteiger charge is -2.09. The topological polar surface area (TPSA) is 29.1 Å². The van der Waals surface area contributed by atoms with Crippen LogP contribution in [0.1, 0.15) is 23.1 Å².